The van der Waals surface area contributed by atoms with Crippen molar-refractivity contribution in [2.45, 2.75) is 0 Å². The zero-order valence-corrected chi connectivity index (χ0v) is 10.1. The first-order valence-corrected chi connectivity index (χ1v) is 5.47. The second-order valence-electron chi connectivity index (χ2n) is 3.79. The normalized spacial score (nSPS) is 10.6. The van der Waals surface area contributed by atoms with Gasteiger partial charge in [0, 0.05) is 31.7 Å². The number of aryl methyl sites for hydroxylation is 1. The summed E-state index contributed by atoms with van der Waals surface area (Å²) >= 11 is 0. The van der Waals surface area contributed by atoms with Crippen molar-refractivity contribution in [2.24, 2.45) is 7.05 Å². The van der Waals surface area contributed by atoms with Crippen LogP contribution in [-0.4, -0.2) is 34.3 Å². The first-order valence-electron chi connectivity index (χ1n) is 5.47. The van der Waals surface area contributed by atoms with E-state index in [1.165, 1.54) is 0 Å². The van der Waals surface area contributed by atoms with Gasteiger partial charge in [0.2, 0.25) is 17.8 Å². The van der Waals surface area contributed by atoms with E-state index in [9.17, 15) is 0 Å². The van der Waals surface area contributed by atoms with Crippen LogP contribution in [0.25, 0.3) is 5.95 Å². The lowest BCUT2D eigenvalue weighted by Gasteiger charge is -2.05. The van der Waals surface area contributed by atoms with Gasteiger partial charge in [-0.15, -0.1) is 0 Å². The van der Waals surface area contributed by atoms with Gasteiger partial charge in [0.1, 0.15) is 6.33 Å². The predicted octanol–water partition coefficient (Wildman–Crippen LogP) is 0.117. The van der Waals surface area contributed by atoms with Gasteiger partial charge >= 0.3 is 0 Å². The molecule has 0 bridgehead atoms. The van der Waals surface area contributed by atoms with Crippen LogP contribution in [0.4, 0.5) is 17.7 Å². The minimum Gasteiger partial charge on any atom is -0.368 e. The van der Waals surface area contributed by atoms with E-state index in [1.807, 2.05) is 13.2 Å². The van der Waals surface area contributed by atoms with Crippen LogP contribution in [0.1, 0.15) is 0 Å². The highest BCUT2D eigenvalue weighted by molar-refractivity contribution is 5.48. The van der Waals surface area contributed by atoms with Gasteiger partial charge in [-0.05, 0) is 0 Å². The van der Waals surface area contributed by atoms with Gasteiger partial charge in [-0.1, -0.05) is 0 Å². The highest BCUT2D eigenvalue weighted by atomic mass is 15.3. The molecule has 0 aliphatic heterocycles. The fourth-order valence-corrected chi connectivity index (χ4v) is 1.53. The van der Waals surface area contributed by atoms with Crippen molar-refractivity contribution in [3.05, 3.63) is 31.0 Å². The highest BCUT2D eigenvalue weighted by Crippen LogP contribution is 2.12. The molecule has 0 spiro atoms. The second-order valence-corrected chi connectivity index (χ2v) is 3.79. The number of rotatable bonds is 3. The van der Waals surface area contributed by atoms with Crippen LogP contribution in [0.15, 0.2) is 31.0 Å². The topological polar surface area (TPSA) is 112 Å². The van der Waals surface area contributed by atoms with E-state index in [0.29, 0.717) is 17.7 Å². The van der Waals surface area contributed by atoms with Crippen LogP contribution in [0.5, 0.6) is 0 Å². The van der Waals surface area contributed by atoms with Crippen molar-refractivity contribution < 1.29 is 0 Å². The summed E-state index contributed by atoms with van der Waals surface area (Å²) in [5.41, 5.74) is 5.66. The molecule has 9 nitrogen and oxygen atoms in total. The van der Waals surface area contributed by atoms with Crippen LogP contribution >= 0.6 is 0 Å². The van der Waals surface area contributed by atoms with Crippen molar-refractivity contribution in [1.29, 1.82) is 0 Å². The number of hydrogen-bond acceptors (Lipinski definition) is 7. The third kappa shape index (κ3) is 2.34. The van der Waals surface area contributed by atoms with Gasteiger partial charge in [-0.2, -0.15) is 20.1 Å². The maximum Gasteiger partial charge on any atom is 0.241 e. The summed E-state index contributed by atoms with van der Waals surface area (Å²) < 4.78 is 3.31. The van der Waals surface area contributed by atoms with Gasteiger partial charge in [0.15, 0.2) is 5.82 Å². The fourth-order valence-electron chi connectivity index (χ4n) is 1.53. The van der Waals surface area contributed by atoms with Gasteiger partial charge in [0.25, 0.3) is 0 Å². The lowest BCUT2D eigenvalue weighted by Crippen LogP contribution is -2.08. The molecule has 0 aliphatic carbocycles. The van der Waals surface area contributed by atoms with E-state index in [-0.39, 0.29) is 5.95 Å². The molecule has 3 aromatic rings. The molecule has 3 N–H and O–H groups in total. The molecule has 0 saturated heterocycles. The molecule has 19 heavy (non-hydrogen) atoms. The fraction of sp³-hybridized carbons (Fsp3) is 0.100. The molecule has 3 aromatic heterocycles. The zero-order valence-electron chi connectivity index (χ0n) is 10.1. The minimum atomic E-state index is 0.122. The van der Waals surface area contributed by atoms with Gasteiger partial charge in [-0.25, -0.2) is 4.98 Å². The standard InChI is InChI=1S/C10H11N9/c1-18-4-2-7(17-18)13-9-14-8(11)15-10(16-9)19-5-3-12-6-19/h2-6H,1H3,(H3,11,13,14,15,16,17). The molecule has 3 heterocycles. The molecule has 0 aliphatic rings. The number of nitrogens with zero attached hydrogens (tertiary/aromatic N) is 7. The van der Waals surface area contributed by atoms with Crippen molar-refractivity contribution in [1.82, 2.24) is 34.3 Å². The van der Waals surface area contributed by atoms with Gasteiger partial charge < -0.3 is 11.1 Å². The first kappa shape index (κ1) is 11.1. The van der Waals surface area contributed by atoms with E-state index in [4.69, 9.17) is 5.73 Å². The molecule has 0 unspecified atom stereocenters. The van der Waals surface area contributed by atoms with Crippen molar-refractivity contribution in [3.63, 3.8) is 0 Å². The molecule has 0 saturated carbocycles. The maximum absolute atomic E-state index is 5.66. The molecule has 0 amide bonds. The Bertz CT molecular complexity index is 685. The van der Waals surface area contributed by atoms with Crippen LogP contribution in [0.3, 0.4) is 0 Å². The predicted molar refractivity (Wildman–Crippen MR) is 67.9 cm³/mol. The lowest BCUT2D eigenvalue weighted by molar-refractivity contribution is 0.770. The number of anilines is 3. The van der Waals surface area contributed by atoms with E-state index >= 15 is 0 Å². The molecule has 0 radical (unpaired) electrons. The molecule has 0 aromatic carbocycles. The Hall–Kier alpha value is -2.97. The third-order valence-electron chi connectivity index (χ3n) is 2.33. The molecular weight excluding hydrogens is 246 g/mol. The maximum atomic E-state index is 5.66. The summed E-state index contributed by atoms with van der Waals surface area (Å²) in [4.78, 5) is 16.2. The van der Waals surface area contributed by atoms with E-state index in [0.717, 1.165) is 0 Å². The minimum absolute atomic E-state index is 0.122. The number of nitrogens with two attached hydrogens (primary N) is 1. The molecular formula is C10H11N9. The van der Waals surface area contributed by atoms with Crippen LogP contribution in [-0.2, 0) is 7.05 Å². The molecule has 96 valence electrons. The van der Waals surface area contributed by atoms with Gasteiger partial charge in [-0.3, -0.25) is 9.25 Å². The average Bonchev–Trinajstić information content (AvgIpc) is 3.00. The van der Waals surface area contributed by atoms with Crippen molar-refractivity contribution >= 4 is 17.7 Å². The average molecular weight is 257 g/mol. The van der Waals surface area contributed by atoms with Crippen LogP contribution in [0, 0.1) is 0 Å². The molecule has 3 rings (SSSR count). The number of imidazole rings is 1. The second kappa shape index (κ2) is 4.37. The highest BCUT2D eigenvalue weighted by Gasteiger charge is 2.07. The summed E-state index contributed by atoms with van der Waals surface area (Å²) in [6.45, 7) is 0. The smallest absolute Gasteiger partial charge is 0.241 e. The van der Waals surface area contributed by atoms with E-state index in [2.05, 4.69) is 30.4 Å². The van der Waals surface area contributed by atoms with Gasteiger partial charge in [0.05, 0.1) is 0 Å². The Morgan fingerprint density at radius 3 is 2.79 bits per heavy atom. The summed E-state index contributed by atoms with van der Waals surface area (Å²) in [6.07, 6.45) is 6.74. The first-order chi connectivity index (χ1) is 9.20. The molecule has 0 fully saturated rings. The Morgan fingerprint density at radius 2 is 2.11 bits per heavy atom. The summed E-state index contributed by atoms with van der Waals surface area (Å²) in [5.74, 6) is 1.47. The molecule has 0 atom stereocenters. The summed E-state index contributed by atoms with van der Waals surface area (Å²) in [6, 6.07) is 1.80. The SMILES string of the molecule is Cn1ccc(Nc2nc(N)nc(-n3ccnc3)n2)n1. The Balaban J connectivity index is 1.94. The number of nitrogens with one attached hydrogen (secondary N) is 1. The third-order valence-corrected chi connectivity index (χ3v) is 2.33. The number of nitrogen functional groups attached to an aromatic ring is 1. The summed E-state index contributed by atoms with van der Waals surface area (Å²) in [5, 5.41) is 7.13. The van der Waals surface area contributed by atoms with Crippen LogP contribution in [0.2, 0.25) is 0 Å². The van der Waals surface area contributed by atoms with E-state index < -0.39 is 0 Å². The summed E-state index contributed by atoms with van der Waals surface area (Å²) in [7, 11) is 1.82. The Labute approximate surface area is 108 Å². The molecule has 9 heteroatoms. The zero-order chi connectivity index (χ0) is 13.2. The number of aromatic nitrogens is 7. The largest absolute Gasteiger partial charge is 0.368 e. The van der Waals surface area contributed by atoms with Crippen molar-refractivity contribution in [3.8, 4) is 5.95 Å². The Kier molecular flexibility index (Phi) is 2.56. The van der Waals surface area contributed by atoms with Crippen LogP contribution < -0.4 is 11.1 Å². The Morgan fingerprint density at radius 1 is 1.21 bits per heavy atom. The lowest BCUT2D eigenvalue weighted by atomic mass is 10.6. The van der Waals surface area contributed by atoms with Crippen molar-refractivity contribution in [2.75, 3.05) is 11.1 Å². The monoisotopic (exact) mass is 257 g/mol. The van der Waals surface area contributed by atoms with E-state index in [1.54, 1.807) is 34.0 Å². The number of hydrogen-bond donors (Lipinski definition) is 2. The quantitative estimate of drug-likeness (QED) is 0.685.